The van der Waals surface area contributed by atoms with Crippen molar-refractivity contribution in [1.29, 1.82) is 0 Å². The molecule has 0 aromatic heterocycles. The SMILES string of the molecule is CCNc1ccc(S(=O)(=O)N(C)C(CC)CSC)cc1. The zero-order valence-electron chi connectivity index (χ0n) is 12.6. The molecule has 1 aromatic carbocycles. The van der Waals surface area contributed by atoms with Crippen molar-refractivity contribution < 1.29 is 8.42 Å². The van der Waals surface area contributed by atoms with E-state index in [0.29, 0.717) is 4.90 Å². The van der Waals surface area contributed by atoms with Gasteiger partial charge in [-0.3, -0.25) is 0 Å². The number of nitrogens with zero attached hydrogens (tertiary/aromatic N) is 1. The van der Waals surface area contributed by atoms with Crippen molar-refractivity contribution in [2.75, 3.05) is 30.9 Å². The van der Waals surface area contributed by atoms with Crippen LogP contribution in [-0.4, -0.2) is 44.4 Å². The van der Waals surface area contributed by atoms with E-state index < -0.39 is 10.0 Å². The topological polar surface area (TPSA) is 49.4 Å². The fraction of sp³-hybridized carbons (Fsp3) is 0.571. The first-order valence-corrected chi connectivity index (χ1v) is 9.61. The monoisotopic (exact) mass is 316 g/mol. The molecule has 1 atom stereocenters. The Morgan fingerprint density at radius 1 is 1.25 bits per heavy atom. The highest BCUT2D eigenvalue weighted by Gasteiger charge is 2.26. The van der Waals surface area contributed by atoms with Gasteiger partial charge in [0.15, 0.2) is 0 Å². The van der Waals surface area contributed by atoms with Gasteiger partial charge in [-0.2, -0.15) is 16.1 Å². The molecule has 0 aliphatic rings. The maximum Gasteiger partial charge on any atom is 0.243 e. The lowest BCUT2D eigenvalue weighted by molar-refractivity contribution is 0.385. The summed E-state index contributed by atoms with van der Waals surface area (Å²) in [6, 6.07) is 6.97. The van der Waals surface area contributed by atoms with Crippen LogP contribution in [0.15, 0.2) is 29.2 Å². The molecule has 0 fully saturated rings. The molecule has 1 rings (SSSR count). The third-order valence-corrected chi connectivity index (χ3v) is 5.90. The van der Waals surface area contributed by atoms with Crippen molar-refractivity contribution >= 4 is 27.5 Å². The Morgan fingerprint density at radius 3 is 2.30 bits per heavy atom. The van der Waals surface area contributed by atoms with E-state index in [-0.39, 0.29) is 6.04 Å². The highest BCUT2D eigenvalue weighted by atomic mass is 32.2. The summed E-state index contributed by atoms with van der Waals surface area (Å²) in [5.74, 6) is 0.807. The van der Waals surface area contributed by atoms with Crippen LogP contribution in [0.4, 0.5) is 5.69 Å². The molecule has 0 amide bonds. The Morgan fingerprint density at radius 2 is 1.85 bits per heavy atom. The average Bonchev–Trinajstić information content (AvgIpc) is 2.45. The van der Waals surface area contributed by atoms with Gasteiger partial charge >= 0.3 is 0 Å². The normalized spacial score (nSPS) is 13.4. The molecule has 1 unspecified atom stereocenters. The molecule has 4 nitrogen and oxygen atoms in total. The van der Waals surface area contributed by atoms with E-state index >= 15 is 0 Å². The lowest BCUT2D eigenvalue weighted by Gasteiger charge is -2.26. The third kappa shape index (κ3) is 4.14. The Balaban J connectivity index is 2.97. The number of anilines is 1. The minimum absolute atomic E-state index is 0.0310. The molecular formula is C14H24N2O2S2. The summed E-state index contributed by atoms with van der Waals surface area (Å²) in [6.45, 7) is 4.84. The molecule has 0 radical (unpaired) electrons. The van der Waals surface area contributed by atoms with E-state index in [1.165, 1.54) is 4.31 Å². The summed E-state index contributed by atoms with van der Waals surface area (Å²) in [5.41, 5.74) is 0.935. The van der Waals surface area contributed by atoms with Crippen molar-refractivity contribution in [2.45, 2.75) is 31.2 Å². The molecule has 20 heavy (non-hydrogen) atoms. The minimum atomic E-state index is -3.41. The van der Waals surface area contributed by atoms with E-state index in [4.69, 9.17) is 0 Å². The molecule has 0 aliphatic heterocycles. The van der Waals surface area contributed by atoms with Gasteiger partial charge in [0, 0.05) is 31.1 Å². The lowest BCUT2D eigenvalue weighted by Crippen LogP contribution is -2.38. The van der Waals surface area contributed by atoms with E-state index in [0.717, 1.165) is 24.4 Å². The van der Waals surface area contributed by atoms with Crippen molar-refractivity contribution in [1.82, 2.24) is 4.31 Å². The van der Waals surface area contributed by atoms with Crippen LogP contribution in [0.5, 0.6) is 0 Å². The molecule has 114 valence electrons. The number of hydrogen-bond acceptors (Lipinski definition) is 4. The maximum absolute atomic E-state index is 12.6. The predicted molar refractivity (Wildman–Crippen MR) is 88.0 cm³/mol. The van der Waals surface area contributed by atoms with E-state index in [9.17, 15) is 8.42 Å². The summed E-state index contributed by atoms with van der Waals surface area (Å²) >= 11 is 1.67. The number of nitrogens with one attached hydrogen (secondary N) is 1. The van der Waals surface area contributed by atoms with Crippen LogP contribution in [0.25, 0.3) is 0 Å². The Hall–Kier alpha value is -0.720. The second-order valence-corrected chi connectivity index (χ2v) is 7.50. The van der Waals surface area contributed by atoms with E-state index in [1.54, 1.807) is 43.1 Å². The van der Waals surface area contributed by atoms with Crippen LogP contribution < -0.4 is 5.32 Å². The third-order valence-electron chi connectivity index (χ3n) is 3.26. The number of thioether (sulfide) groups is 1. The Labute approximate surface area is 127 Å². The second kappa shape index (κ2) is 7.90. The fourth-order valence-corrected chi connectivity index (χ4v) is 4.35. The van der Waals surface area contributed by atoms with Gasteiger partial charge in [-0.15, -0.1) is 0 Å². The highest BCUT2D eigenvalue weighted by Crippen LogP contribution is 2.21. The zero-order chi connectivity index (χ0) is 15.2. The van der Waals surface area contributed by atoms with Crippen LogP contribution in [0.1, 0.15) is 20.3 Å². The molecule has 0 heterocycles. The molecule has 0 aliphatic carbocycles. The van der Waals surface area contributed by atoms with Gasteiger partial charge in [-0.05, 0) is 43.9 Å². The summed E-state index contributed by atoms with van der Waals surface area (Å²) < 4.78 is 26.6. The first-order valence-electron chi connectivity index (χ1n) is 6.78. The van der Waals surface area contributed by atoms with Gasteiger partial charge < -0.3 is 5.32 Å². The van der Waals surface area contributed by atoms with Gasteiger partial charge in [-0.1, -0.05) is 6.92 Å². The van der Waals surface area contributed by atoms with Gasteiger partial charge in [0.25, 0.3) is 0 Å². The molecule has 0 saturated heterocycles. The van der Waals surface area contributed by atoms with Gasteiger partial charge in [0.2, 0.25) is 10.0 Å². The van der Waals surface area contributed by atoms with Crippen molar-refractivity contribution in [2.24, 2.45) is 0 Å². The van der Waals surface area contributed by atoms with Gasteiger partial charge in [0.05, 0.1) is 4.90 Å². The summed E-state index contributed by atoms with van der Waals surface area (Å²) in [4.78, 5) is 0.348. The van der Waals surface area contributed by atoms with Crippen LogP contribution in [0.3, 0.4) is 0 Å². The number of hydrogen-bond donors (Lipinski definition) is 1. The van der Waals surface area contributed by atoms with Crippen molar-refractivity contribution in [3.8, 4) is 0 Å². The standard InChI is InChI=1S/C14H24N2O2S2/c1-5-13(11-19-4)16(3)20(17,18)14-9-7-12(8-10-14)15-6-2/h7-10,13,15H,5-6,11H2,1-4H3. The van der Waals surface area contributed by atoms with E-state index in [2.05, 4.69) is 5.32 Å². The van der Waals surface area contributed by atoms with Crippen molar-refractivity contribution in [3.63, 3.8) is 0 Å². The van der Waals surface area contributed by atoms with Crippen LogP contribution in [-0.2, 0) is 10.0 Å². The summed E-state index contributed by atoms with van der Waals surface area (Å²) in [5, 5.41) is 3.16. The van der Waals surface area contributed by atoms with Crippen LogP contribution in [0.2, 0.25) is 0 Å². The second-order valence-electron chi connectivity index (χ2n) is 4.59. The smallest absolute Gasteiger partial charge is 0.243 e. The molecule has 1 N–H and O–H groups in total. The number of rotatable bonds is 8. The molecule has 0 saturated carbocycles. The van der Waals surface area contributed by atoms with Gasteiger partial charge in [-0.25, -0.2) is 8.42 Å². The first kappa shape index (κ1) is 17.3. The molecular weight excluding hydrogens is 292 g/mol. The minimum Gasteiger partial charge on any atom is -0.385 e. The Bertz CT molecular complexity index is 500. The quantitative estimate of drug-likeness (QED) is 0.801. The largest absolute Gasteiger partial charge is 0.385 e. The van der Waals surface area contributed by atoms with Crippen molar-refractivity contribution in [3.05, 3.63) is 24.3 Å². The first-order chi connectivity index (χ1) is 9.47. The molecule has 0 bridgehead atoms. The number of benzene rings is 1. The van der Waals surface area contributed by atoms with Gasteiger partial charge in [0.1, 0.15) is 0 Å². The highest BCUT2D eigenvalue weighted by molar-refractivity contribution is 7.98. The molecule has 6 heteroatoms. The number of sulfonamides is 1. The van der Waals surface area contributed by atoms with Crippen LogP contribution in [0, 0.1) is 0 Å². The lowest BCUT2D eigenvalue weighted by atomic mass is 10.3. The predicted octanol–water partition coefficient (Wildman–Crippen LogP) is 2.88. The maximum atomic E-state index is 12.6. The molecule has 1 aromatic rings. The van der Waals surface area contributed by atoms with E-state index in [1.807, 2.05) is 20.1 Å². The zero-order valence-corrected chi connectivity index (χ0v) is 14.2. The fourth-order valence-electron chi connectivity index (χ4n) is 1.98. The summed E-state index contributed by atoms with van der Waals surface area (Å²) in [7, 11) is -1.75. The molecule has 0 spiro atoms. The Kier molecular flexibility index (Phi) is 6.85. The average molecular weight is 316 g/mol. The van der Waals surface area contributed by atoms with Crippen LogP contribution >= 0.6 is 11.8 Å². The summed E-state index contributed by atoms with van der Waals surface area (Å²) in [6.07, 6.45) is 2.81.